The van der Waals surface area contributed by atoms with Gasteiger partial charge in [0.1, 0.15) is 18.0 Å². The lowest BCUT2D eigenvalue weighted by molar-refractivity contribution is 0.00578. The summed E-state index contributed by atoms with van der Waals surface area (Å²) < 4.78 is 47.6. The number of halogens is 2. The summed E-state index contributed by atoms with van der Waals surface area (Å²) in [5, 5.41) is 0.601. The SMILES string of the molecule is CC1(C)OB(c2ccc(F)c([C@@]34CO[C@@H](CF)[C@@H]3CSC(CC(=O)c3ccccc3)=N4)c2)OC1(C)C. The van der Waals surface area contributed by atoms with E-state index in [2.05, 4.69) is 0 Å². The highest BCUT2D eigenvalue weighted by Gasteiger charge is 2.56. The molecular weight excluding hydrogens is 483 g/mol. The van der Waals surface area contributed by atoms with E-state index in [0.29, 0.717) is 27.4 Å². The van der Waals surface area contributed by atoms with E-state index in [0.717, 1.165) is 0 Å². The van der Waals surface area contributed by atoms with Gasteiger partial charge in [0.15, 0.2) is 5.78 Å². The van der Waals surface area contributed by atoms with Gasteiger partial charge in [-0.25, -0.2) is 8.78 Å². The van der Waals surface area contributed by atoms with Crippen LogP contribution >= 0.6 is 11.8 Å². The van der Waals surface area contributed by atoms with Crippen molar-refractivity contribution in [3.05, 3.63) is 65.5 Å². The Morgan fingerprint density at radius 2 is 1.81 bits per heavy atom. The van der Waals surface area contributed by atoms with Gasteiger partial charge in [0.05, 0.1) is 35.4 Å². The number of nitrogens with zero attached hydrogens (tertiary/aromatic N) is 1. The van der Waals surface area contributed by atoms with Crippen LogP contribution in [0.15, 0.2) is 53.5 Å². The fourth-order valence-corrected chi connectivity index (χ4v) is 6.33. The summed E-state index contributed by atoms with van der Waals surface area (Å²) in [7, 11) is -0.676. The van der Waals surface area contributed by atoms with Gasteiger partial charge >= 0.3 is 7.12 Å². The molecule has 2 aromatic carbocycles. The molecule has 0 amide bonds. The molecule has 9 heteroatoms. The Bertz CT molecular complexity index is 1180. The Labute approximate surface area is 215 Å². The molecule has 2 saturated heterocycles. The number of hydrogen-bond acceptors (Lipinski definition) is 6. The Morgan fingerprint density at radius 1 is 1.11 bits per heavy atom. The fourth-order valence-electron chi connectivity index (χ4n) is 5.01. The number of benzene rings is 2. The predicted octanol–water partition coefficient (Wildman–Crippen LogP) is 4.72. The lowest BCUT2D eigenvalue weighted by atomic mass is 9.73. The maximum atomic E-state index is 15.5. The van der Waals surface area contributed by atoms with Crippen LogP contribution in [0.1, 0.15) is 50.0 Å². The van der Waals surface area contributed by atoms with Gasteiger partial charge in [0.25, 0.3) is 0 Å². The minimum Gasteiger partial charge on any atom is -0.399 e. The zero-order valence-electron chi connectivity index (χ0n) is 20.9. The van der Waals surface area contributed by atoms with Crippen LogP contribution < -0.4 is 5.46 Å². The van der Waals surface area contributed by atoms with Crippen molar-refractivity contribution in [2.45, 2.75) is 57.0 Å². The highest BCUT2D eigenvalue weighted by Crippen LogP contribution is 2.49. The molecule has 0 unspecified atom stereocenters. The van der Waals surface area contributed by atoms with E-state index in [1.165, 1.54) is 17.8 Å². The van der Waals surface area contributed by atoms with Crippen LogP contribution in [0.5, 0.6) is 0 Å². The number of hydrogen-bond donors (Lipinski definition) is 0. The molecule has 2 aromatic rings. The van der Waals surface area contributed by atoms with Crippen LogP contribution in [0.25, 0.3) is 0 Å². The minimum absolute atomic E-state index is 0.0413. The number of alkyl halides is 1. The maximum absolute atomic E-state index is 15.5. The van der Waals surface area contributed by atoms with Crippen molar-refractivity contribution in [3.8, 4) is 0 Å². The van der Waals surface area contributed by atoms with Gasteiger partial charge in [-0.05, 0) is 39.2 Å². The zero-order valence-corrected chi connectivity index (χ0v) is 21.7. The smallest absolute Gasteiger partial charge is 0.399 e. The Hall–Kier alpha value is -2.07. The van der Waals surface area contributed by atoms with E-state index in [9.17, 15) is 9.18 Å². The largest absolute Gasteiger partial charge is 0.494 e. The standard InChI is InChI=1S/C27H30BF2NO4S/c1-25(2)26(3,4)35-28(34-25)18-10-11-21(30)19(12-18)27-16-33-23(14-29)20(27)15-36-24(31-27)13-22(32)17-8-6-5-7-9-17/h5-12,20,23H,13-16H2,1-4H3/t20-,23-,27-/m0/s1. The first kappa shape index (κ1) is 25.6. The van der Waals surface area contributed by atoms with Crippen molar-refractivity contribution in [2.24, 2.45) is 10.9 Å². The van der Waals surface area contributed by atoms with Gasteiger partial charge in [0.2, 0.25) is 0 Å². The molecule has 2 fully saturated rings. The minimum atomic E-state index is -1.13. The molecule has 5 nitrogen and oxygen atoms in total. The molecule has 36 heavy (non-hydrogen) atoms. The topological polar surface area (TPSA) is 57.1 Å². The van der Waals surface area contributed by atoms with Crippen molar-refractivity contribution in [1.82, 2.24) is 0 Å². The number of rotatable bonds is 6. The van der Waals surface area contributed by atoms with E-state index in [4.69, 9.17) is 19.0 Å². The number of thioether (sulfide) groups is 1. The molecule has 0 N–H and O–H groups in total. The summed E-state index contributed by atoms with van der Waals surface area (Å²) in [6.07, 6.45) is -0.588. The highest BCUT2D eigenvalue weighted by molar-refractivity contribution is 8.14. The van der Waals surface area contributed by atoms with E-state index in [-0.39, 0.29) is 24.7 Å². The number of ketones is 1. The number of ether oxygens (including phenoxy) is 1. The molecule has 0 aromatic heterocycles. The summed E-state index contributed by atoms with van der Waals surface area (Å²) in [5.41, 5.74) is -0.646. The average Bonchev–Trinajstić information content (AvgIpc) is 3.33. The average molecular weight is 513 g/mol. The molecule has 3 atom stereocenters. The first-order valence-electron chi connectivity index (χ1n) is 12.2. The van der Waals surface area contributed by atoms with Crippen molar-refractivity contribution in [3.63, 3.8) is 0 Å². The third-order valence-corrected chi connectivity index (χ3v) is 8.97. The van der Waals surface area contributed by atoms with Gasteiger partial charge in [-0.15, -0.1) is 11.8 Å². The Kier molecular flexibility index (Phi) is 6.64. The Morgan fingerprint density at radius 3 is 2.47 bits per heavy atom. The molecule has 3 heterocycles. The molecular formula is C27H30BF2NO4S. The molecule has 0 spiro atoms. The molecule has 5 rings (SSSR count). The number of fused-ring (bicyclic) bond motifs is 1. The van der Waals surface area contributed by atoms with Crippen LogP contribution in [-0.4, -0.2) is 54.3 Å². The molecule has 0 aliphatic carbocycles. The lowest BCUT2D eigenvalue weighted by Crippen LogP contribution is -2.43. The van der Waals surface area contributed by atoms with Crippen LogP contribution in [-0.2, 0) is 19.6 Å². The first-order chi connectivity index (χ1) is 17.1. The number of Topliss-reactive ketones (excluding diaryl/α,β-unsaturated/α-hetero) is 1. The van der Waals surface area contributed by atoms with Gasteiger partial charge in [0, 0.05) is 22.8 Å². The van der Waals surface area contributed by atoms with Crippen molar-refractivity contribution in [1.29, 1.82) is 0 Å². The number of carbonyl (C=O) groups excluding carboxylic acids is 1. The zero-order chi connectivity index (χ0) is 25.7. The van der Waals surface area contributed by atoms with E-state index >= 15 is 4.39 Å². The second kappa shape index (κ2) is 9.35. The van der Waals surface area contributed by atoms with Gasteiger partial charge in [-0.2, -0.15) is 0 Å². The van der Waals surface area contributed by atoms with Crippen LogP contribution in [0.3, 0.4) is 0 Å². The van der Waals surface area contributed by atoms with Crippen LogP contribution in [0.4, 0.5) is 8.78 Å². The Balaban J connectivity index is 1.53. The number of aliphatic imine (C=N–C) groups is 1. The lowest BCUT2D eigenvalue weighted by Gasteiger charge is -2.36. The van der Waals surface area contributed by atoms with E-state index in [1.807, 2.05) is 45.9 Å². The van der Waals surface area contributed by atoms with Crippen LogP contribution in [0.2, 0.25) is 0 Å². The van der Waals surface area contributed by atoms with Crippen molar-refractivity contribution < 1.29 is 27.6 Å². The molecule has 0 bridgehead atoms. The summed E-state index contributed by atoms with van der Waals surface area (Å²) in [5.74, 6) is -0.405. The molecule has 3 aliphatic heterocycles. The normalized spacial score (nSPS) is 28.6. The first-order valence-corrected chi connectivity index (χ1v) is 13.2. The predicted molar refractivity (Wildman–Crippen MR) is 138 cm³/mol. The summed E-state index contributed by atoms with van der Waals surface area (Å²) in [6, 6.07) is 13.8. The maximum Gasteiger partial charge on any atom is 0.494 e. The second-order valence-corrected chi connectivity index (χ2v) is 11.7. The van der Waals surface area contributed by atoms with Crippen molar-refractivity contribution in [2.75, 3.05) is 19.0 Å². The van der Waals surface area contributed by atoms with E-state index in [1.54, 1.807) is 24.3 Å². The monoisotopic (exact) mass is 513 g/mol. The summed E-state index contributed by atoms with van der Waals surface area (Å²) in [6.45, 7) is 7.20. The van der Waals surface area contributed by atoms with Gasteiger partial charge in [-0.3, -0.25) is 9.79 Å². The van der Waals surface area contributed by atoms with E-state index < -0.39 is 42.5 Å². The highest BCUT2D eigenvalue weighted by atomic mass is 32.2. The third kappa shape index (κ3) is 4.34. The molecule has 0 radical (unpaired) electrons. The van der Waals surface area contributed by atoms with Gasteiger partial charge < -0.3 is 14.0 Å². The molecule has 0 saturated carbocycles. The van der Waals surface area contributed by atoms with Crippen LogP contribution in [0, 0.1) is 11.7 Å². The molecule has 3 aliphatic rings. The summed E-state index contributed by atoms with van der Waals surface area (Å²) in [4.78, 5) is 17.8. The van der Waals surface area contributed by atoms with Crippen molar-refractivity contribution >= 4 is 35.2 Å². The second-order valence-electron chi connectivity index (χ2n) is 10.6. The number of carbonyl (C=O) groups is 1. The summed E-state index contributed by atoms with van der Waals surface area (Å²) >= 11 is 1.42. The quantitative estimate of drug-likeness (QED) is 0.413. The van der Waals surface area contributed by atoms with Gasteiger partial charge in [-0.1, -0.05) is 42.5 Å². The fraction of sp³-hybridized carbons (Fsp3) is 0.481. The molecule has 190 valence electrons. The third-order valence-electron chi connectivity index (χ3n) is 7.88.